The number of nitrogens with zero attached hydrogens (tertiary/aromatic N) is 2. The molecule has 1 rings (SSSR count). The largest absolute Gasteiger partial charge is 0.377 e. The Labute approximate surface area is 104 Å². The van der Waals surface area contributed by atoms with Gasteiger partial charge in [-0.25, -0.2) is 0 Å². The number of aryl methyl sites for hydroxylation is 1. The maximum Gasteiger partial charge on any atom is 0.0669 e. The van der Waals surface area contributed by atoms with Crippen LogP contribution in [0.15, 0.2) is 0 Å². The van der Waals surface area contributed by atoms with Crippen molar-refractivity contribution in [3.8, 4) is 0 Å². The van der Waals surface area contributed by atoms with E-state index in [1.54, 1.807) is 0 Å². The first-order valence-electron chi connectivity index (χ1n) is 6.53. The van der Waals surface area contributed by atoms with E-state index in [-0.39, 0.29) is 6.10 Å². The minimum Gasteiger partial charge on any atom is -0.377 e. The SMILES string of the molecule is CCc1nn(CCOC(C)C)c(CC)c1CN. The van der Waals surface area contributed by atoms with Gasteiger partial charge in [0, 0.05) is 17.8 Å². The molecule has 0 aliphatic heterocycles. The minimum atomic E-state index is 0.273. The van der Waals surface area contributed by atoms with Gasteiger partial charge in [0.2, 0.25) is 0 Å². The van der Waals surface area contributed by atoms with Crippen molar-refractivity contribution in [3.63, 3.8) is 0 Å². The monoisotopic (exact) mass is 239 g/mol. The van der Waals surface area contributed by atoms with Crippen LogP contribution in [0.2, 0.25) is 0 Å². The predicted octanol–water partition coefficient (Wildman–Crippen LogP) is 1.89. The number of rotatable bonds is 7. The zero-order chi connectivity index (χ0) is 12.8. The molecule has 1 heterocycles. The summed E-state index contributed by atoms with van der Waals surface area (Å²) in [6, 6.07) is 0. The molecule has 1 aromatic rings. The molecule has 0 unspecified atom stereocenters. The van der Waals surface area contributed by atoms with Gasteiger partial charge in [-0.05, 0) is 26.7 Å². The van der Waals surface area contributed by atoms with Gasteiger partial charge in [0.15, 0.2) is 0 Å². The summed E-state index contributed by atoms with van der Waals surface area (Å²) in [5.74, 6) is 0. The van der Waals surface area contributed by atoms with Crippen molar-refractivity contribution in [3.05, 3.63) is 17.0 Å². The molecule has 0 saturated carbocycles. The second-order valence-electron chi connectivity index (χ2n) is 4.43. The first-order chi connectivity index (χ1) is 8.13. The molecule has 0 amide bonds. The van der Waals surface area contributed by atoms with E-state index in [2.05, 4.69) is 23.6 Å². The number of ether oxygens (including phenoxy) is 1. The third-order valence-electron chi connectivity index (χ3n) is 2.88. The minimum absolute atomic E-state index is 0.273. The molecule has 98 valence electrons. The van der Waals surface area contributed by atoms with E-state index in [1.165, 1.54) is 11.3 Å². The van der Waals surface area contributed by atoms with Crippen LogP contribution in [0.5, 0.6) is 0 Å². The highest BCUT2D eigenvalue weighted by Gasteiger charge is 2.13. The van der Waals surface area contributed by atoms with Crippen molar-refractivity contribution < 1.29 is 4.74 Å². The lowest BCUT2D eigenvalue weighted by Crippen LogP contribution is -2.14. The molecule has 0 aliphatic carbocycles. The summed E-state index contributed by atoms with van der Waals surface area (Å²) in [5, 5.41) is 4.62. The Balaban J connectivity index is 2.80. The zero-order valence-electron chi connectivity index (χ0n) is 11.5. The predicted molar refractivity (Wildman–Crippen MR) is 70.0 cm³/mol. The van der Waals surface area contributed by atoms with Crippen molar-refractivity contribution in [1.82, 2.24) is 9.78 Å². The molecule has 0 atom stereocenters. The molecule has 0 saturated heterocycles. The summed E-state index contributed by atoms with van der Waals surface area (Å²) < 4.78 is 7.63. The van der Waals surface area contributed by atoms with E-state index >= 15 is 0 Å². The Kier molecular flexibility index (Phi) is 5.65. The maximum absolute atomic E-state index is 5.81. The lowest BCUT2D eigenvalue weighted by molar-refractivity contribution is 0.0705. The normalized spacial score (nSPS) is 11.4. The molecular formula is C13H25N3O. The number of hydrogen-bond donors (Lipinski definition) is 1. The summed E-state index contributed by atoms with van der Waals surface area (Å²) in [6.45, 7) is 10.5. The Morgan fingerprint density at radius 2 is 2.00 bits per heavy atom. The fourth-order valence-electron chi connectivity index (χ4n) is 2.06. The van der Waals surface area contributed by atoms with Gasteiger partial charge < -0.3 is 10.5 Å². The van der Waals surface area contributed by atoms with E-state index in [1.807, 2.05) is 13.8 Å². The second-order valence-corrected chi connectivity index (χ2v) is 4.43. The van der Waals surface area contributed by atoms with Crippen molar-refractivity contribution in [2.24, 2.45) is 5.73 Å². The van der Waals surface area contributed by atoms with E-state index < -0.39 is 0 Å². The topological polar surface area (TPSA) is 53.1 Å². The van der Waals surface area contributed by atoms with Gasteiger partial charge in [0.25, 0.3) is 0 Å². The number of nitrogens with two attached hydrogens (primary N) is 1. The van der Waals surface area contributed by atoms with Crippen molar-refractivity contribution >= 4 is 0 Å². The van der Waals surface area contributed by atoms with Gasteiger partial charge >= 0.3 is 0 Å². The van der Waals surface area contributed by atoms with Crippen molar-refractivity contribution in [1.29, 1.82) is 0 Å². The molecule has 4 nitrogen and oxygen atoms in total. The third kappa shape index (κ3) is 3.54. The fraction of sp³-hybridized carbons (Fsp3) is 0.769. The van der Waals surface area contributed by atoms with E-state index in [9.17, 15) is 0 Å². The average Bonchev–Trinajstić information content (AvgIpc) is 2.65. The summed E-state index contributed by atoms with van der Waals surface area (Å²) in [7, 11) is 0. The van der Waals surface area contributed by atoms with Gasteiger partial charge in [-0.2, -0.15) is 5.10 Å². The first-order valence-corrected chi connectivity index (χ1v) is 6.53. The van der Waals surface area contributed by atoms with Gasteiger partial charge in [-0.1, -0.05) is 13.8 Å². The summed E-state index contributed by atoms with van der Waals surface area (Å²) in [6.07, 6.45) is 2.19. The fourth-order valence-corrected chi connectivity index (χ4v) is 2.06. The van der Waals surface area contributed by atoms with E-state index in [0.29, 0.717) is 13.2 Å². The molecule has 0 bridgehead atoms. The smallest absolute Gasteiger partial charge is 0.0669 e. The highest BCUT2D eigenvalue weighted by atomic mass is 16.5. The summed E-state index contributed by atoms with van der Waals surface area (Å²) in [5.41, 5.74) is 9.42. The molecule has 0 radical (unpaired) electrons. The Hall–Kier alpha value is -0.870. The number of aromatic nitrogens is 2. The molecule has 1 aromatic heterocycles. The van der Waals surface area contributed by atoms with Crippen LogP contribution >= 0.6 is 0 Å². The Morgan fingerprint density at radius 3 is 2.47 bits per heavy atom. The van der Waals surface area contributed by atoms with Crippen LogP contribution in [0, 0.1) is 0 Å². The first kappa shape index (κ1) is 14.2. The van der Waals surface area contributed by atoms with Crippen molar-refractivity contribution in [2.75, 3.05) is 6.61 Å². The molecule has 0 fully saturated rings. The second kappa shape index (κ2) is 6.77. The zero-order valence-corrected chi connectivity index (χ0v) is 11.5. The molecular weight excluding hydrogens is 214 g/mol. The average molecular weight is 239 g/mol. The van der Waals surface area contributed by atoms with Crippen LogP contribution in [0.3, 0.4) is 0 Å². The highest BCUT2D eigenvalue weighted by Crippen LogP contribution is 2.15. The lowest BCUT2D eigenvalue weighted by atomic mass is 10.1. The van der Waals surface area contributed by atoms with Crippen molar-refractivity contribution in [2.45, 2.75) is 59.7 Å². The van der Waals surface area contributed by atoms with Gasteiger partial charge in [0.1, 0.15) is 0 Å². The standard InChI is InChI=1S/C13H25N3O/c1-5-12-11(9-14)13(6-2)16(15-12)7-8-17-10(3)4/h10H,5-9,14H2,1-4H3. The summed E-state index contributed by atoms with van der Waals surface area (Å²) in [4.78, 5) is 0. The van der Waals surface area contributed by atoms with Gasteiger partial charge in [-0.15, -0.1) is 0 Å². The van der Waals surface area contributed by atoms with Gasteiger partial charge in [0.05, 0.1) is 24.9 Å². The van der Waals surface area contributed by atoms with Crippen LogP contribution in [0.1, 0.15) is 44.6 Å². The van der Waals surface area contributed by atoms with Crippen LogP contribution in [0.25, 0.3) is 0 Å². The quantitative estimate of drug-likeness (QED) is 0.790. The van der Waals surface area contributed by atoms with Crippen LogP contribution in [0.4, 0.5) is 0 Å². The number of hydrogen-bond acceptors (Lipinski definition) is 3. The van der Waals surface area contributed by atoms with Gasteiger partial charge in [-0.3, -0.25) is 4.68 Å². The van der Waals surface area contributed by atoms with Crippen LogP contribution in [-0.2, 0) is 30.7 Å². The molecule has 0 aromatic carbocycles. The third-order valence-corrected chi connectivity index (χ3v) is 2.88. The highest BCUT2D eigenvalue weighted by molar-refractivity contribution is 5.26. The molecule has 4 heteroatoms. The molecule has 17 heavy (non-hydrogen) atoms. The lowest BCUT2D eigenvalue weighted by Gasteiger charge is -2.10. The Morgan fingerprint density at radius 1 is 1.29 bits per heavy atom. The van der Waals surface area contributed by atoms with Crippen LogP contribution in [-0.4, -0.2) is 22.5 Å². The molecule has 0 aliphatic rings. The maximum atomic E-state index is 5.81. The molecule has 0 spiro atoms. The van der Waals surface area contributed by atoms with E-state index in [4.69, 9.17) is 10.5 Å². The molecule has 2 N–H and O–H groups in total. The van der Waals surface area contributed by atoms with E-state index in [0.717, 1.165) is 25.1 Å². The summed E-state index contributed by atoms with van der Waals surface area (Å²) >= 11 is 0. The Bertz CT molecular complexity index is 345. The van der Waals surface area contributed by atoms with Crippen LogP contribution < -0.4 is 5.73 Å².